The average molecular weight is 486 g/mol. The SMILES string of the molecule is COc1ccc(OC)c(C(=O)N(Cc2ccc(OC)c(OCC3(C)COC3)c2)C[C@@H]2CCCO2)c1. The summed E-state index contributed by atoms with van der Waals surface area (Å²) in [4.78, 5) is 15.6. The monoisotopic (exact) mass is 485 g/mol. The van der Waals surface area contributed by atoms with Gasteiger partial charge >= 0.3 is 0 Å². The molecule has 1 atom stereocenters. The smallest absolute Gasteiger partial charge is 0.258 e. The van der Waals surface area contributed by atoms with Crippen LogP contribution in [0.3, 0.4) is 0 Å². The molecule has 2 aromatic carbocycles. The van der Waals surface area contributed by atoms with E-state index in [0.717, 1.165) is 25.0 Å². The van der Waals surface area contributed by atoms with E-state index >= 15 is 0 Å². The molecular formula is C27H35NO7. The van der Waals surface area contributed by atoms with Crippen molar-refractivity contribution in [2.75, 3.05) is 54.3 Å². The fourth-order valence-corrected chi connectivity index (χ4v) is 4.34. The highest BCUT2D eigenvalue weighted by atomic mass is 16.5. The first kappa shape index (κ1) is 25.1. The zero-order valence-electron chi connectivity index (χ0n) is 21.0. The highest BCUT2D eigenvalue weighted by molar-refractivity contribution is 5.97. The van der Waals surface area contributed by atoms with Gasteiger partial charge in [0.2, 0.25) is 0 Å². The van der Waals surface area contributed by atoms with Crippen molar-refractivity contribution in [3.8, 4) is 23.0 Å². The minimum Gasteiger partial charge on any atom is -0.497 e. The molecule has 0 saturated carbocycles. The zero-order valence-corrected chi connectivity index (χ0v) is 21.0. The molecule has 35 heavy (non-hydrogen) atoms. The molecule has 0 unspecified atom stereocenters. The van der Waals surface area contributed by atoms with Crippen LogP contribution in [0.2, 0.25) is 0 Å². The quantitative estimate of drug-likeness (QED) is 0.477. The van der Waals surface area contributed by atoms with Gasteiger partial charge < -0.3 is 33.3 Å². The lowest BCUT2D eigenvalue weighted by Crippen LogP contribution is -2.44. The Labute approximate surface area is 207 Å². The lowest BCUT2D eigenvalue weighted by Gasteiger charge is -2.37. The number of carbonyl (C=O) groups is 1. The van der Waals surface area contributed by atoms with Gasteiger partial charge in [-0.15, -0.1) is 0 Å². The van der Waals surface area contributed by atoms with Gasteiger partial charge in [-0.2, -0.15) is 0 Å². The molecule has 8 heteroatoms. The summed E-state index contributed by atoms with van der Waals surface area (Å²) in [6, 6.07) is 11.0. The number of benzene rings is 2. The molecule has 190 valence electrons. The normalized spacial score (nSPS) is 18.5. The van der Waals surface area contributed by atoms with Gasteiger partial charge in [-0.25, -0.2) is 0 Å². The molecule has 2 heterocycles. The molecule has 0 aliphatic carbocycles. The Balaban J connectivity index is 1.58. The molecule has 1 amide bonds. The second-order valence-electron chi connectivity index (χ2n) is 9.46. The predicted molar refractivity (Wildman–Crippen MR) is 131 cm³/mol. The van der Waals surface area contributed by atoms with Gasteiger partial charge in [-0.1, -0.05) is 13.0 Å². The van der Waals surface area contributed by atoms with E-state index in [2.05, 4.69) is 6.92 Å². The van der Waals surface area contributed by atoms with Crippen molar-refractivity contribution >= 4 is 5.91 Å². The highest BCUT2D eigenvalue weighted by Crippen LogP contribution is 2.33. The number of nitrogens with zero attached hydrogens (tertiary/aromatic N) is 1. The summed E-state index contributed by atoms with van der Waals surface area (Å²) >= 11 is 0. The molecule has 4 rings (SSSR count). The van der Waals surface area contributed by atoms with Crippen LogP contribution >= 0.6 is 0 Å². The number of amides is 1. The van der Waals surface area contributed by atoms with Crippen LogP contribution in [0.4, 0.5) is 0 Å². The minimum absolute atomic E-state index is 0.00286. The zero-order chi connectivity index (χ0) is 24.8. The van der Waals surface area contributed by atoms with Crippen molar-refractivity contribution in [2.45, 2.75) is 32.4 Å². The fourth-order valence-electron chi connectivity index (χ4n) is 4.34. The lowest BCUT2D eigenvalue weighted by molar-refractivity contribution is -0.120. The maximum Gasteiger partial charge on any atom is 0.258 e. The standard InChI is InChI=1S/C27H35NO7/c1-27(16-33-17-27)18-35-25-12-19(7-9-24(25)32-4)14-28(15-21-6-5-11-34-21)26(29)22-13-20(30-2)8-10-23(22)31-3/h7-10,12-13,21H,5-6,11,14-18H2,1-4H3/t21-/m0/s1. The molecule has 0 radical (unpaired) electrons. The molecule has 2 saturated heterocycles. The number of hydrogen-bond donors (Lipinski definition) is 0. The summed E-state index contributed by atoms with van der Waals surface area (Å²) in [5.74, 6) is 2.27. The number of methoxy groups -OCH3 is 3. The van der Waals surface area contributed by atoms with Crippen molar-refractivity contribution in [1.29, 1.82) is 0 Å². The summed E-state index contributed by atoms with van der Waals surface area (Å²) in [6.45, 7) is 5.62. The van der Waals surface area contributed by atoms with Gasteiger partial charge in [0, 0.05) is 25.1 Å². The second-order valence-corrected chi connectivity index (χ2v) is 9.46. The largest absolute Gasteiger partial charge is 0.497 e. The molecule has 2 aliphatic rings. The van der Waals surface area contributed by atoms with Gasteiger partial charge in [-0.3, -0.25) is 4.79 Å². The third kappa shape index (κ3) is 6.00. The first-order chi connectivity index (χ1) is 16.9. The van der Waals surface area contributed by atoms with E-state index in [-0.39, 0.29) is 17.4 Å². The molecule has 8 nitrogen and oxygen atoms in total. The van der Waals surface area contributed by atoms with Crippen molar-refractivity contribution in [3.05, 3.63) is 47.5 Å². The first-order valence-electron chi connectivity index (χ1n) is 11.9. The summed E-state index contributed by atoms with van der Waals surface area (Å²) in [5, 5.41) is 0. The summed E-state index contributed by atoms with van der Waals surface area (Å²) in [6.07, 6.45) is 1.93. The van der Waals surface area contributed by atoms with Gasteiger partial charge in [0.25, 0.3) is 5.91 Å². The molecule has 2 fully saturated rings. The number of carbonyl (C=O) groups excluding carboxylic acids is 1. The van der Waals surface area contributed by atoms with Crippen LogP contribution in [0.25, 0.3) is 0 Å². The fraction of sp³-hybridized carbons (Fsp3) is 0.519. The van der Waals surface area contributed by atoms with Crippen LogP contribution in [0, 0.1) is 5.41 Å². The molecular weight excluding hydrogens is 450 g/mol. The maximum atomic E-state index is 13.8. The summed E-state index contributed by atoms with van der Waals surface area (Å²) < 4.78 is 33.7. The third-order valence-electron chi connectivity index (χ3n) is 6.45. The van der Waals surface area contributed by atoms with E-state index in [1.807, 2.05) is 18.2 Å². The molecule has 0 N–H and O–H groups in total. The van der Waals surface area contributed by atoms with Crippen LogP contribution in [0.1, 0.15) is 35.7 Å². The Hall–Kier alpha value is -2.97. The Bertz CT molecular complexity index is 1010. The van der Waals surface area contributed by atoms with E-state index in [1.54, 1.807) is 44.4 Å². The third-order valence-corrected chi connectivity index (χ3v) is 6.45. The van der Waals surface area contributed by atoms with Crippen LogP contribution in [0.5, 0.6) is 23.0 Å². The van der Waals surface area contributed by atoms with Gasteiger partial charge in [0.15, 0.2) is 11.5 Å². The van der Waals surface area contributed by atoms with Crippen LogP contribution in [0.15, 0.2) is 36.4 Å². The average Bonchev–Trinajstić information content (AvgIpc) is 3.38. The highest BCUT2D eigenvalue weighted by Gasteiger charge is 2.34. The van der Waals surface area contributed by atoms with Crippen molar-refractivity contribution in [3.63, 3.8) is 0 Å². The van der Waals surface area contributed by atoms with Crippen LogP contribution in [-0.4, -0.2) is 71.2 Å². The molecule has 2 aliphatic heterocycles. The second kappa shape index (κ2) is 11.2. The van der Waals surface area contributed by atoms with Crippen LogP contribution < -0.4 is 18.9 Å². The van der Waals surface area contributed by atoms with E-state index in [0.29, 0.717) is 61.5 Å². The Kier molecular flexibility index (Phi) is 8.03. The van der Waals surface area contributed by atoms with E-state index in [4.69, 9.17) is 28.4 Å². The van der Waals surface area contributed by atoms with E-state index in [9.17, 15) is 4.79 Å². The maximum absolute atomic E-state index is 13.8. The minimum atomic E-state index is -0.145. The van der Waals surface area contributed by atoms with Crippen LogP contribution in [-0.2, 0) is 16.0 Å². The molecule has 0 aromatic heterocycles. The topological polar surface area (TPSA) is 75.7 Å². The van der Waals surface area contributed by atoms with E-state index < -0.39 is 0 Å². The summed E-state index contributed by atoms with van der Waals surface area (Å²) in [5.41, 5.74) is 1.39. The van der Waals surface area contributed by atoms with Gasteiger partial charge in [0.05, 0.1) is 52.8 Å². The predicted octanol–water partition coefficient (Wildman–Crippen LogP) is 3.95. The van der Waals surface area contributed by atoms with Gasteiger partial charge in [-0.05, 0) is 48.7 Å². The van der Waals surface area contributed by atoms with Crippen molar-refractivity contribution in [2.24, 2.45) is 5.41 Å². The molecule has 0 bridgehead atoms. The number of rotatable bonds is 11. The Morgan fingerprint density at radius 1 is 1.03 bits per heavy atom. The van der Waals surface area contributed by atoms with Gasteiger partial charge in [0.1, 0.15) is 11.5 Å². The number of hydrogen-bond acceptors (Lipinski definition) is 7. The Morgan fingerprint density at radius 2 is 1.80 bits per heavy atom. The number of ether oxygens (including phenoxy) is 6. The first-order valence-corrected chi connectivity index (χ1v) is 11.9. The lowest BCUT2D eigenvalue weighted by atomic mass is 9.90. The van der Waals surface area contributed by atoms with E-state index in [1.165, 1.54) is 0 Å². The molecule has 2 aromatic rings. The van der Waals surface area contributed by atoms with Crippen molar-refractivity contribution in [1.82, 2.24) is 4.90 Å². The molecule has 0 spiro atoms. The Morgan fingerprint density at radius 3 is 2.43 bits per heavy atom. The van der Waals surface area contributed by atoms with Crippen molar-refractivity contribution < 1.29 is 33.2 Å². The summed E-state index contributed by atoms with van der Waals surface area (Å²) in [7, 11) is 4.76.